The van der Waals surface area contributed by atoms with Crippen molar-refractivity contribution in [3.63, 3.8) is 0 Å². The molecule has 114 valence electrons. The van der Waals surface area contributed by atoms with Crippen LogP contribution in [0.5, 0.6) is 0 Å². The molecule has 1 N–H and O–H groups in total. The molecule has 0 radical (unpaired) electrons. The van der Waals surface area contributed by atoms with Crippen molar-refractivity contribution in [3.8, 4) is 0 Å². The lowest BCUT2D eigenvalue weighted by molar-refractivity contribution is -0.148. The second-order valence-corrected chi connectivity index (χ2v) is 4.89. The zero-order chi connectivity index (χ0) is 13.9. The molecule has 5 nitrogen and oxygen atoms in total. The third-order valence-corrected chi connectivity index (χ3v) is 3.36. The van der Waals surface area contributed by atoms with Gasteiger partial charge in [-0.15, -0.1) is 0 Å². The molecule has 0 aromatic carbocycles. The fourth-order valence-corrected chi connectivity index (χ4v) is 2.44. The second kappa shape index (κ2) is 10.6. The van der Waals surface area contributed by atoms with Crippen LogP contribution >= 0.6 is 0 Å². The van der Waals surface area contributed by atoms with Crippen LogP contribution in [-0.2, 0) is 14.2 Å². The maximum atomic E-state index is 5.63. The predicted octanol–water partition coefficient (Wildman–Crippen LogP) is 1.09. The van der Waals surface area contributed by atoms with E-state index in [2.05, 4.69) is 10.2 Å². The summed E-state index contributed by atoms with van der Waals surface area (Å²) >= 11 is 0. The van der Waals surface area contributed by atoms with E-state index in [0.29, 0.717) is 19.3 Å². The molecule has 0 aromatic heterocycles. The van der Waals surface area contributed by atoms with Crippen LogP contribution in [0.25, 0.3) is 0 Å². The van der Waals surface area contributed by atoms with Gasteiger partial charge < -0.3 is 19.5 Å². The van der Waals surface area contributed by atoms with Gasteiger partial charge in [-0.1, -0.05) is 0 Å². The van der Waals surface area contributed by atoms with Gasteiger partial charge in [-0.2, -0.15) is 0 Å². The van der Waals surface area contributed by atoms with Gasteiger partial charge in [-0.25, -0.2) is 0 Å². The molecule has 1 atom stereocenters. The molecule has 5 heteroatoms. The van der Waals surface area contributed by atoms with Crippen molar-refractivity contribution < 1.29 is 14.2 Å². The minimum Gasteiger partial charge on any atom is -0.383 e. The Kier molecular flexibility index (Phi) is 9.38. The Hall–Kier alpha value is -0.200. The number of ether oxygens (including phenoxy) is 3. The summed E-state index contributed by atoms with van der Waals surface area (Å²) in [7, 11) is 1.74. The van der Waals surface area contributed by atoms with Crippen LogP contribution in [0.3, 0.4) is 0 Å². The first-order valence-corrected chi connectivity index (χ1v) is 7.48. The van der Waals surface area contributed by atoms with E-state index in [4.69, 9.17) is 14.2 Å². The van der Waals surface area contributed by atoms with E-state index in [9.17, 15) is 0 Å². The van der Waals surface area contributed by atoms with E-state index >= 15 is 0 Å². The molecule has 1 unspecified atom stereocenters. The van der Waals surface area contributed by atoms with Gasteiger partial charge in [0, 0.05) is 46.0 Å². The summed E-state index contributed by atoms with van der Waals surface area (Å²) in [4.78, 5) is 2.38. The Morgan fingerprint density at radius 2 is 2.00 bits per heavy atom. The van der Waals surface area contributed by atoms with Crippen LogP contribution in [0.15, 0.2) is 0 Å². The molecular weight excluding hydrogens is 244 g/mol. The first-order valence-electron chi connectivity index (χ1n) is 7.48. The number of nitrogens with zero attached hydrogens (tertiary/aromatic N) is 1. The van der Waals surface area contributed by atoms with E-state index in [1.807, 2.05) is 13.8 Å². The molecule has 1 fully saturated rings. The first kappa shape index (κ1) is 16.9. The Balaban J connectivity index is 2.40. The quantitative estimate of drug-likeness (QED) is 0.571. The molecule has 0 aromatic rings. The molecule has 1 aliphatic heterocycles. The average molecular weight is 274 g/mol. The van der Waals surface area contributed by atoms with E-state index in [0.717, 1.165) is 32.8 Å². The topological polar surface area (TPSA) is 43.0 Å². The Morgan fingerprint density at radius 3 is 2.53 bits per heavy atom. The van der Waals surface area contributed by atoms with Crippen molar-refractivity contribution in [2.45, 2.75) is 39.0 Å². The monoisotopic (exact) mass is 274 g/mol. The molecule has 1 aliphatic rings. The van der Waals surface area contributed by atoms with Crippen molar-refractivity contribution in [2.75, 3.05) is 53.1 Å². The predicted molar refractivity (Wildman–Crippen MR) is 76.4 cm³/mol. The highest BCUT2D eigenvalue weighted by atomic mass is 16.7. The van der Waals surface area contributed by atoms with Gasteiger partial charge in [0.1, 0.15) is 0 Å². The summed E-state index contributed by atoms with van der Waals surface area (Å²) in [6.45, 7) is 10.0. The largest absolute Gasteiger partial charge is 0.383 e. The summed E-state index contributed by atoms with van der Waals surface area (Å²) in [5.41, 5.74) is 0. The van der Waals surface area contributed by atoms with Crippen molar-refractivity contribution in [1.29, 1.82) is 0 Å². The van der Waals surface area contributed by atoms with Gasteiger partial charge >= 0.3 is 0 Å². The van der Waals surface area contributed by atoms with Gasteiger partial charge in [0.25, 0.3) is 0 Å². The Morgan fingerprint density at radius 1 is 1.26 bits per heavy atom. The van der Waals surface area contributed by atoms with Crippen LogP contribution in [0.1, 0.15) is 26.7 Å². The number of nitrogens with one attached hydrogen (secondary N) is 1. The zero-order valence-corrected chi connectivity index (χ0v) is 12.7. The van der Waals surface area contributed by atoms with Crippen LogP contribution in [0.4, 0.5) is 0 Å². The van der Waals surface area contributed by atoms with E-state index in [-0.39, 0.29) is 6.29 Å². The normalized spacial score (nSPS) is 19.7. The SMILES string of the molecule is CCOC(CN(CCOC)CC1CCCN1)OCC. The van der Waals surface area contributed by atoms with Gasteiger partial charge in [-0.3, -0.25) is 4.90 Å². The van der Waals surface area contributed by atoms with Crippen molar-refractivity contribution in [2.24, 2.45) is 0 Å². The maximum absolute atomic E-state index is 5.63. The van der Waals surface area contributed by atoms with Crippen molar-refractivity contribution in [1.82, 2.24) is 10.2 Å². The molecular formula is C14H30N2O3. The lowest BCUT2D eigenvalue weighted by Crippen LogP contribution is -2.44. The number of rotatable bonds is 11. The number of hydrogen-bond acceptors (Lipinski definition) is 5. The van der Waals surface area contributed by atoms with Gasteiger partial charge in [0.2, 0.25) is 0 Å². The van der Waals surface area contributed by atoms with Crippen LogP contribution in [0.2, 0.25) is 0 Å². The highest BCUT2D eigenvalue weighted by molar-refractivity contribution is 4.78. The van der Waals surface area contributed by atoms with Gasteiger partial charge in [0.15, 0.2) is 6.29 Å². The number of methoxy groups -OCH3 is 1. The second-order valence-electron chi connectivity index (χ2n) is 4.89. The number of hydrogen-bond donors (Lipinski definition) is 1. The smallest absolute Gasteiger partial charge is 0.170 e. The molecule has 1 rings (SSSR count). The van der Waals surface area contributed by atoms with E-state index in [1.54, 1.807) is 7.11 Å². The zero-order valence-electron chi connectivity index (χ0n) is 12.7. The van der Waals surface area contributed by atoms with E-state index in [1.165, 1.54) is 12.8 Å². The highest BCUT2D eigenvalue weighted by Crippen LogP contribution is 2.08. The molecule has 19 heavy (non-hydrogen) atoms. The Bertz CT molecular complexity index is 205. The summed E-state index contributed by atoms with van der Waals surface area (Å²) in [6.07, 6.45) is 2.41. The standard InChI is InChI=1S/C14H30N2O3/c1-4-18-14(19-5-2)12-16(9-10-17-3)11-13-7-6-8-15-13/h13-15H,4-12H2,1-3H3. The molecule has 0 saturated carbocycles. The lowest BCUT2D eigenvalue weighted by atomic mass is 10.2. The lowest BCUT2D eigenvalue weighted by Gasteiger charge is -2.29. The van der Waals surface area contributed by atoms with Crippen LogP contribution in [-0.4, -0.2) is 70.3 Å². The Labute approximate surface area is 117 Å². The molecule has 0 bridgehead atoms. The third kappa shape index (κ3) is 7.22. The van der Waals surface area contributed by atoms with Gasteiger partial charge in [0.05, 0.1) is 6.61 Å². The molecule has 1 saturated heterocycles. The summed E-state index contributed by atoms with van der Waals surface area (Å²) < 4.78 is 16.5. The fraction of sp³-hybridized carbons (Fsp3) is 1.00. The summed E-state index contributed by atoms with van der Waals surface area (Å²) in [5.74, 6) is 0. The summed E-state index contributed by atoms with van der Waals surface area (Å²) in [5, 5.41) is 3.54. The average Bonchev–Trinajstić information content (AvgIpc) is 2.89. The molecule has 0 aliphatic carbocycles. The minimum absolute atomic E-state index is 0.131. The van der Waals surface area contributed by atoms with E-state index < -0.39 is 0 Å². The third-order valence-electron chi connectivity index (χ3n) is 3.36. The van der Waals surface area contributed by atoms with Crippen molar-refractivity contribution >= 4 is 0 Å². The molecule has 1 heterocycles. The van der Waals surface area contributed by atoms with Crippen LogP contribution in [0, 0.1) is 0 Å². The van der Waals surface area contributed by atoms with Crippen molar-refractivity contribution in [3.05, 3.63) is 0 Å². The molecule has 0 spiro atoms. The van der Waals surface area contributed by atoms with Crippen LogP contribution < -0.4 is 5.32 Å². The molecule has 0 amide bonds. The summed E-state index contributed by atoms with van der Waals surface area (Å²) in [6, 6.07) is 0.598. The van der Waals surface area contributed by atoms with Gasteiger partial charge in [-0.05, 0) is 33.2 Å². The minimum atomic E-state index is -0.131. The fourth-order valence-electron chi connectivity index (χ4n) is 2.44. The highest BCUT2D eigenvalue weighted by Gasteiger charge is 2.20. The first-order chi connectivity index (χ1) is 9.30. The maximum Gasteiger partial charge on any atom is 0.170 e.